The average Bonchev–Trinajstić information content (AvgIpc) is 3.50. The van der Waals surface area contributed by atoms with Crippen molar-refractivity contribution in [3.63, 3.8) is 0 Å². The molecule has 2 aliphatic heterocycles. The summed E-state index contributed by atoms with van der Waals surface area (Å²) < 4.78 is 38.1. The smallest absolute Gasteiger partial charge is 0.318 e. The van der Waals surface area contributed by atoms with E-state index in [0.29, 0.717) is 31.0 Å². The van der Waals surface area contributed by atoms with E-state index in [9.17, 15) is 18.7 Å². The summed E-state index contributed by atoms with van der Waals surface area (Å²) in [4.78, 5) is 17.4. The van der Waals surface area contributed by atoms with Crippen molar-refractivity contribution in [3.05, 3.63) is 95.2 Å². The largest absolute Gasteiger partial charge is 0.491 e. The minimum absolute atomic E-state index is 0. The zero-order valence-corrected chi connectivity index (χ0v) is 28.3. The number of nitrogens with one attached hydrogen (secondary N) is 2. The van der Waals surface area contributed by atoms with Gasteiger partial charge in [-0.1, -0.05) is 29.4 Å². The maximum absolute atomic E-state index is 13.5. The van der Waals surface area contributed by atoms with Gasteiger partial charge >= 0.3 is 6.03 Å². The lowest BCUT2D eigenvalue weighted by Crippen LogP contribution is -2.49. The van der Waals surface area contributed by atoms with Crippen LogP contribution in [0.1, 0.15) is 48.4 Å². The Morgan fingerprint density at radius 2 is 1.65 bits per heavy atom. The Labute approximate surface area is 291 Å². The molecule has 6 rings (SSSR count). The third-order valence-corrected chi connectivity index (χ3v) is 8.99. The standard InChI is InChI=1S/C35H41F2N5O4.2ClH/c36-27-5-1-25(2-6-27)21-42(29-11-15-38-16-12-29)35(44)39-20-24-3-8-31(9-4-24)45-23-30(43)22-41-17-13-26(14-18-41)34-32-10-7-28(37)19-33(32)46-40-34;;/h1-10,19,26,29-30,38,43H,11-18,20-23H2,(H,39,44);2*1H. The average molecular weight is 707 g/mol. The number of amides is 2. The van der Waals surface area contributed by atoms with Crippen molar-refractivity contribution >= 4 is 41.8 Å². The quantitative estimate of drug-likeness (QED) is 0.175. The molecule has 9 nitrogen and oxygen atoms in total. The SMILES string of the molecule is Cl.Cl.O=C(NCc1ccc(OCC(O)CN2CCC(c3noc4cc(F)ccc34)CC2)cc1)N(Cc1ccc(F)cc1)C1CCNCC1. The summed E-state index contributed by atoms with van der Waals surface area (Å²) in [6, 6.07) is 18.3. The molecule has 2 aliphatic rings. The van der Waals surface area contributed by atoms with Gasteiger partial charge < -0.3 is 34.8 Å². The molecule has 2 fully saturated rings. The van der Waals surface area contributed by atoms with E-state index in [-0.39, 0.29) is 61.0 Å². The summed E-state index contributed by atoms with van der Waals surface area (Å²) in [7, 11) is 0. The molecule has 2 amide bonds. The number of aliphatic hydroxyl groups excluding tert-OH is 1. The lowest BCUT2D eigenvalue weighted by atomic mass is 9.91. The fourth-order valence-corrected chi connectivity index (χ4v) is 6.41. The molecule has 0 spiro atoms. The van der Waals surface area contributed by atoms with E-state index in [1.165, 1.54) is 24.3 Å². The number of urea groups is 1. The molecular formula is C35H43Cl2F2N5O4. The molecule has 0 radical (unpaired) electrons. The lowest BCUT2D eigenvalue weighted by molar-refractivity contribution is 0.0592. The molecule has 48 heavy (non-hydrogen) atoms. The first-order valence-electron chi connectivity index (χ1n) is 16.1. The van der Waals surface area contributed by atoms with E-state index in [2.05, 4.69) is 20.7 Å². The van der Waals surface area contributed by atoms with Crippen molar-refractivity contribution in [1.29, 1.82) is 0 Å². The summed E-state index contributed by atoms with van der Waals surface area (Å²) in [5.74, 6) is 0.256. The molecule has 1 aromatic heterocycles. The van der Waals surface area contributed by atoms with E-state index >= 15 is 0 Å². The van der Waals surface area contributed by atoms with Crippen molar-refractivity contribution in [2.45, 2.75) is 56.8 Å². The van der Waals surface area contributed by atoms with Crippen LogP contribution in [0.2, 0.25) is 0 Å². The molecule has 4 aromatic rings. The number of aliphatic hydroxyl groups is 1. The van der Waals surface area contributed by atoms with Crippen LogP contribution in [0.4, 0.5) is 13.6 Å². The molecule has 1 unspecified atom stereocenters. The van der Waals surface area contributed by atoms with Crippen LogP contribution in [0.15, 0.2) is 71.3 Å². The number of rotatable bonds is 11. The Balaban J connectivity index is 0.00000260. The van der Waals surface area contributed by atoms with Gasteiger partial charge in [-0.15, -0.1) is 24.8 Å². The summed E-state index contributed by atoms with van der Waals surface area (Å²) in [6.07, 6.45) is 2.86. The molecule has 260 valence electrons. The number of carbonyl (C=O) groups is 1. The first-order chi connectivity index (χ1) is 22.4. The minimum atomic E-state index is -0.645. The van der Waals surface area contributed by atoms with Gasteiger partial charge in [0.05, 0.1) is 5.69 Å². The highest BCUT2D eigenvalue weighted by Crippen LogP contribution is 2.33. The van der Waals surface area contributed by atoms with Crippen LogP contribution in [0.5, 0.6) is 5.75 Å². The van der Waals surface area contributed by atoms with Gasteiger partial charge in [-0.25, -0.2) is 13.6 Å². The van der Waals surface area contributed by atoms with E-state index in [1.807, 2.05) is 29.2 Å². The highest BCUT2D eigenvalue weighted by atomic mass is 35.5. The van der Waals surface area contributed by atoms with Crippen molar-refractivity contribution in [1.82, 2.24) is 25.6 Å². The lowest BCUT2D eigenvalue weighted by Gasteiger charge is -2.35. The number of halogens is 4. The molecule has 0 aliphatic carbocycles. The molecule has 1 atom stereocenters. The normalized spacial score (nSPS) is 16.5. The first-order valence-corrected chi connectivity index (χ1v) is 16.1. The molecule has 0 bridgehead atoms. The number of carbonyl (C=O) groups excluding carboxylic acids is 1. The van der Waals surface area contributed by atoms with Crippen LogP contribution in [-0.4, -0.2) is 77.6 Å². The number of piperidine rings is 2. The predicted octanol–water partition coefficient (Wildman–Crippen LogP) is 6.03. The van der Waals surface area contributed by atoms with Gasteiger partial charge in [0, 0.05) is 43.0 Å². The second-order valence-electron chi connectivity index (χ2n) is 12.3. The van der Waals surface area contributed by atoms with Gasteiger partial charge in [0.2, 0.25) is 0 Å². The first kappa shape index (κ1) is 37.3. The molecule has 2 saturated heterocycles. The number of fused-ring (bicyclic) bond motifs is 1. The highest BCUT2D eigenvalue weighted by Gasteiger charge is 2.27. The number of hydrogen-bond acceptors (Lipinski definition) is 7. The maximum atomic E-state index is 13.5. The number of hydrogen-bond donors (Lipinski definition) is 3. The number of benzene rings is 3. The summed E-state index contributed by atoms with van der Waals surface area (Å²) >= 11 is 0. The summed E-state index contributed by atoms with van der Waals surface area (Å²) in [6.45, 7) is 4.81. The number of nitrogens with zero attached hydrogens (tertiary/aromatic N) is 3. The van der Waals surface area contributed by atoms with Crippen LogP contribution in [0.3, 0.4) is 0 Å². The molecule has 3 aromatic carbocycles. The van der Waals surface area contributed by atoms with Crippen LogP contribution in [-0.2, 0) is 13.1 Å². The van der Waals surface area contributed by atoms with Crippen LogP contribution in [0.25, 0.3) is 11.0 Å². The third-order valence-electron chi connectivity index (χ3n) is 8.99. The Hall–Kier alpha value is -3.48. The molecule has 3 N–H and O–H groups in total. The Morgan fingerprint density at radius 1 is 0.979 bits per heavy atom. The zero-order valence-electron chi connectivity index (χ0n) is 26.7. The van der Waals surface area contributed by atoms with Gasteiger partial charge in [0.15, 0.2) is 5.58 Å². The monoisotopic (exact) mass is 705 g/mol. The van der Waals surface area contributed by atoms with Crippen molar-refractivity contribution in [2.24, 2.45) is 0 Å². The molecule has 3 heterocycles. The number of likely N-dealkylation sites (tertiary alicyclic amines) is 1. The van der Waals surface area contributed by atoms with Crippen LogP contribution >= 0.6 is 24.8 Å². The van der Waals surface area contributed by atoms with Gasteiger partial charge in [-0.2, -0.15) is 0 Å². The summed E-state index contributed by atoms with van der Waals surface area (Å²) in [5, 5.41) is 22.1. The molecule has 0 saturated carbocycles. The van der Waals surface area contributed by atoms with Gasteiger partial charge in [0.25, 0.3) is 0 Å². The van der Waals surface area contributed by atoms with Crippen LogP contribution in [0, 0.1) is 11.6 Å². The fraction of sp³-hybridized carbons (Fsp3) is 0.429. The Morgan fingerprint density at radius 3 is 2.35 bits per heavy atom. The minimum Gasteiger partial charge on any atom is -0.491 e. The molecular weight excluding hydrogens is 663 g/mol. The number of β-amino-alcohol motifs (C(OH)–C–C–N with tert-alkyl or cyclic N) is 1. The van der Waals surface area contributed by atoms with E-state index < -0.39 is 6.10 Å². The second-order valence-corrected chi connectivity index (χ2v) is 12.3. The summed E-state index contributed by atoms with van der Waals surface area (Å²) in [5.41, 5.74) is 3.18. The van der Waals surface area contributed by atoms with Crippen molar-refractivity contribution in [2.75, 3.05) is 39.3 Å². The second kappa shape index (κ2) is 17.8. The number of aromatic nitrogens is 1. The Kier molecular flexibility index (Phi) is 13.8. The molecule has 13 heteroatoms. The maximum Gasteiger partial charge on any atom is 0.318 e. The zero-order chi connectivity index (χ0) is 31.9. The van der Waals surface area contributed by atoms with E-state index in [0.717, 1.165) is 74.1 Å². The topological polar surface area (TPSA) is 103 Å². The predicted molar refractivity (Wildman–Crippen MR) is 185 cm³/mol. The third kappa shape index (κ3) is 9.79. The highest BCUT2D eigenvalue weighted by molar-refractivity contribution is 5.85. The van der Waals surface area contributed by atoms with Gasteiger partial charge in [-0.05, 0) is 99.4 Å². The van der Waals surface area contributed by atoms with Crippen molar-refractivity contribution < 1.29 is 27.9 Å². The number of ether oxygens (including phenoxy) is 1. The van der Waals surface area contributed by atoms with Gasteiger partial charge in [-0.3, -0.25) is 0 Å². The van der Waals surface area contributed by atoms with Gasteiger partial charge in [0.1, 0.15) is 30.1 Å². The Bertz CT molecular complexity index is 1580. The van der Waals surface area contributed by atoms with E-state index in [1.54, 1.807) is 18.2 Å². The van der Waals surface area contributed by atoms with E-state index in [4.69, 9.17) is 9.26 Å². The van der Waals surface area contributed by atoms with Crippen LogP contribution < -0.4 is 15.4 Å². The van der Waals surface area contributed by atoms with Crippen molar-refractivity contribution in [3.8, 4) is 5.75 Å². The fourth-order valence-electron chi connectivity index (χ4n) is 6.41.